The van der Waals surface area contributed by atoms with Crippen LogP contribution < -0.4 is 0 Å². The van der Waals surface area contributed by atoms with Gasteiger partial charge in [-0.3, -0.25) is 4.57 Å². The van der Waals surface area contributed by atoms with Crippen LogP contribution in [0.25, 0.3) is 0 Å². The number of carbonyl (C=O) groups is 1. The summed E-state index contributed by atoms with van der Waals surface area (Å²) in [7, 11) is -3.38. The predicted molar refractivity (Wildman–Crippen MR) is 92.7 cm³/mol. The van der Waals surface area contributed by atoms with Crippen molar-refractivity contribution in [2.75, 3.05) is 12.3 Å². The fourth-order valence-electron chi connectivity index (χ4n) is 2.50. The Kier molecular flexibility index (Phi) is 11.6. The first kappa shape index (κ1) is 21.4. The molecule has 0 aliphatic rings. The number of carboxylic acid groups (broad SMARTS) is 1. The van der Waals surface area contributed by atoms with E-state index in [1.807, 2.05) is 13.8 Å². The first-order valence-corrected chi connectivity index (χ1v) is 10.5. The zero-order valence-corrected chi connectivity index (χ0v) is 15.3. The van der Waals surface area contributed by atoms with Crippen molar-refractivity contribution in [3.63, 3.8) is 0 Å². The van der Waals surface area contributed by atoms with Crippen LogP contribution in [-0.4, -0.2) is 28.3 Å². The van der Waals surface area contributed by atoms with Crippen LogP contribution in [-0.2, 0) is 9.36 Å². The molecule has 1 unspecified atom stereocenters. The Morgan fingerprint density at radius 1 is 1.09 bits per heavy atom. The average molecular weight is 332 g/mol. The molecule has 2 N–H and O–H groups in total. The summed E-state index contributed by atoms with van der Waals surface area (Å²) >= 11 is 0. The highest BCUT2D eigenvalue weighted by molar-refractivity contribution is 7.58. The van der Waals surface area contributed by atoms with E-state index >= 15 is 0 Å². The van der Waals surface area contributed by atoms with Crippen LogP contribution in [0, 0.1) is 5.92 Å². The molecule has 0 aliphatic carbocycles. The lowest BCUT2D eigenvalue weighted by molar-refractivity contribution is -0.132. The molecule has 0 heterocycles. The van der Waals surface area contributed by atoms with Crippen molar-refractivity contribution in [1.82, 2.24) is 0 Å². The van der Waals surface area contributed by atoms with Crippen molar-refractivity contribution in [2.45, 2.75) is 72.1 Å². The second-order valence-electron chi connectivity index (χ2n) is 6.53. The summed E-state index contributed by atoms with van der Waals surface area (Å²) in [5.41, 5.74) is 0.0949. The molecule has 130 valence electrons. The van der Waals surface area contributed by atoms with Crippen molar-refractivity contribution in [3.05, 3.63) is 11.6 Å². The summed E-state index contributed by atoms with van der Waals surface area (Å²) in [6, 6.07) is 0. The van der Waals surface area contributed by atoms with Gasteiger partial charge in [-0.15, -0.1) is 0 Å². The average Bonchev–Trinajstić information content (AvgIpc) is 2.38. The molecular weight excluding hydrogens is 299 g/mol. The van der Waals surface area contributed by atoms with Gasteiger partial charge in [-0.25, -0.2) is 4.79 Å². The van der Waals surface area contributed by atoms with E-state index in [-0.39, 0.29) is 23.8 Å². The number of hydrogen-bond acceptors (Lipinski definition) is 2. The summed E-state index contributed by atoms with van der Waals surface area (Å²) < 4.78 is 12.0. The number of unbranched alkanes of at least 4 members (excludes halogenated alkanes) is 7. The molecule has 0 radical (unpaired) electrons. The van der Waals surface area contributed by atoms with Gasteiger partial charge in [0, 0.05) is 11.7 Å². The summed E-state index contributed by atoms with van der Waals surface area (Å²) in [6.07, 6.45) is 10.5. The number of hydrogen-bond donors (Lipinski definition) is 2. The number of allylic oxidation sites excluding steroid dienone is 1. The lowest BCUT2D eigenvalue weighted by Gasteiger charge is -2.14. The molecule has 22 heavy (non-hydrogen) atoms. The third kappa shape index (κ3) is 12.0. The quantitative estimate of drug-likeness (QED) is 0.281. The fraction of sp³-hybridized carbons (Fsp3) is 0.824. The highest BCUT2D eigenvalue weighted by atomic mass is 31.2. The Bertz CT molecular complexity index is 388. The molecule has 0 bridgehead atoms. The van der Waals surface area contributed by atoms with Crippen molar-refractivity contribution in [1.29, 1.82) is 0 Å². The maximum atomic E-state index is 12.0. The summed E-state index contributed by atoms with van der Waals surface area (Å²) in [5.74, 6) is -0.977. The van der Waals surface area contributed by atoms with Gasteiger partial charge in [-0.05, 0) is 18.8 Å². The Balaban J connectivity index is 4.17. The van der Waals surface area contributed by atoms with Crippen LogP contribution in [0.15, 0.2) is 11.6 Å². The van der Waals surface area contributed by atoms with E-state index in [2.05, 4.69) is 6.92 Å². The Morgan fingerprint density at radius 3 is 2.14 bits per heavy atom. The number of rotatable bonds is 13. The zero-order chi connectivity index (χ0) is 17.0. The monoisotopic (exact) mass is 332 g/mol. The molecule has 0 aromatic rings. The first-order chi connectivity index (χ1) is 10.3. The molecule has 0 aromatic heterocycles. The summed E-state index contributed by atoms with van der Waals surface area (Å²) in [5, 5.41) is 9.17. The van der Waals surface area contributed by atoms with Crippen molar-refractivity contribution >= 4 is 13.3 Å². The molecular formula is C17H33O4P. The van der Waals surface area contributed by atoms with Crippen molar-refractivity contribution in [3.8, 4) is 0 Å². The topological polar surface area (TPSA) is 74.6 Å². The predicted octanol–water partition coefficient (Wildman–Crippen LogP) is 5.06. The van der Waals surface area contributed by atoms with E-state index in [4.69, 9.17) is 0 Å². The molecule has 0 aliphatic heterocycles. The van der Waals surface area contributed by atoms with E-state index in [0.29, 0.717) is 6.42 Å². The molecule has 0 spiro atoms. The molecule has 0 rings (SSSR count). The van der Waals surface area contributed by atoms with Gasteiger partial charge in [0.25, 0.3) is 0 Å². The minimum atomic E-state index is -3.38. The highest BCUT2D eigenvalue weighted by Crippen LogP contribution is 2.44. The SMILES string of the molecule is CCCCCCCCC/C=C(\CP(=O)(O)CC(C)C)C(=O)O. The molecule has 0 saturated carbocycles. The van der Waals surface area contributed by atoms with Gasteiger partial charge < -0.3 is 10.00 Å². The Labute approximate surface area is 135 Å². The van der Waals surface area contributed by atoms with Crippen LogP contribution in [0.3, 0.4) is 0 Å². The smallest absolute Gasteiger partial charge is 0.331 e. The van der Waals surface area contributed by atoms with E-state index in [9.17, 15) is 19.4 Å². The number of carboxylic acids is 1. The molecule has 0 amide bonds. The molecule has 4 nitrogen and oxygen atoms in total. The highest BCUT2D eigenvalue weighted by Gasteiger charge is 2.24. The standard InChI is InChI=1S/C17H33O4P/c1-4-5-6-7-8-9-10-11-12-16(17(18)19)14-22(20,21)13-15(2)3/h12,15H,4-11,13-14H2,1-3H3,(H,18,19)(H,20,21)/b16-12+. The van der Waals surface area contributed by atoms with Gasteiger partial charge in [0.2, 0.25) is 7.37 Å². The lowest BCUT2D eigenvalue weighted by atomic mass is 10.1. The maximum absolute atomic E-state index is 12.0. The summed E-state index contributed by atoms with van der Waals surface area (Å²) in [4.78, 5) is 21.1. The van der Waals surface area contributed by atoms with E-state index in [0.717, 1.165) is 12.8 Å². The van der Waals surface area contributed by atoms with Crippen LogP contribution in [0.2, 0.25) is 0 Å². The van der Waals surface area contributed by atoms with Gasteiger partial charge in [-0.1, -0.05) is 65.4 Å². The van der Waals surface area contributed by atoms with Crippen LogP contribution >= 0.6 is 7.37 Å². The van der Waals surface area contributed by atoms with Gasteiger partial charge in [-0.2, -0.15) is 0 Å². The van der Waals surface area contributed by atoms with Gasteiger partial charge in [0.15, 0.2) is 0 Å². The van der Waals surface area contributed by atoms with E-state index in [1.54, 1.807) is 6.08 Å². The Morgan fingerprint density at radius 2 is 1.64 bits per heavy atom. The third-order valence-corrected chi connectivity index (χ3v) is 5.68. The molecule has 5 heteroatoms. The third-order valence-electron chi connectivity index (χ3n) is 3.54. The normalized spacial score (nSPS) is 15.0. The van der Waals surface area contributed by atoms with Crippen LogP contribution in [0.4, 0.5) is 0 Å². The maximum Gasteiger partial charge on any atom is 0.331 e. The largest absolute Gasteiger partial charge is 0.478 e. The molecule has 1 atom stereocenters. The second kappa shape index (κ2) is 11.9. The van der Waals surface area contributed by atoms with Crippen molar-refractivity contribution < 1.29 is 19.4 Å². The van der Waals surface area contributed by atoms with Crippen molar-refractivity contribution in [2.24, 2.45) is 5.92 Å². The minimum absolute atomic E-state index is 0.0917. The summed E-state index contributed by atoms with van der Waals surface area (Å²) in [6.45, 7) is 5.93. The molecule has 0 fully saturated rings. The molecule has 0 saturated heterocycles. The van der Waals surface area contributed by atoms with E-state index < -0.39 is 13.3 Å². The minimum Gasteiger partial charge on any atom is -0.478 e. The second-order valence-corrected chi connectivity index (χ2v) is 8.90. The van der Waals surface area contributed by atoms with Gasteiger partial charge >= 0.3 is 5.97 Å². The Hall–Kier alpha value is -0.600. The lowest BCUT2D eigenvalue weighted by Crippen LogP contribution is -2.09. The first-order valence-electron chi connectivity index (χ1n) is 8.51. The van der Waals surface area contributed by atoms with E-state index in [1.165, 1.54) is 32.1 Å². The fourth-order valence-corrected chi connectivity index (χ4v) is 4.57. The zero-order valence-electron chi connectivity index (χ0n) is 14.4. The van der Waals surface area contributed by atoms with Gasteiger partial charge in [0.1, 0.15) is 0 Å². The molecule has 0 aromatic carbocycles. The van der Waals surface area contributed by atoms with Crippen LogP contribution in [0.5, 0.6) is 0 Å². The number of aliphatic carboxylic acids is 1. The van der Waals surface area contributed by atoms with Gasteiger partial charge in [0.05, 0.1) is 6.16 Å². The van der Waals surface area contributed by atoms with Crippen LogP contribution in [0.1, 0.15) is 72.1 Å².